The van der Waals surface area contributed by atoms with Crippen molar-refractivity contribution in [3.05, 3.63) is 23.0 Å². The standard InChI is InChI=1S/C13H17N5OS/c1-3-9-6-15-13(20-9)17-12(19)8-4-11-10(14-5-8)7-16-18(11)2/h6-8,14H,3-5H2,1-2H3,(H,15,17,19). The third-order valence-corrected chi connectivity index (χ3v) is 4.60. The first-order valence-corrected chi connectivity index (χ1v) is 7.49. The number of hydrogen-bond acceptors (Lipinski definition) is 5. The van der Waals surface area contributed by atoms with Crippen LogP contribution >= 0.6 is 11.3 Å². The number of nitrogens with zero attached hydrogens (tertiary/aromatic N) is 3. The van der Waals surface area contributed by atoms with E-state index in [9.17, 15) is 4.79 Å². The van der Waals surface area contributed by atoms with Crippen LogP contribution in [0.2, 0.25) is 0 Å². The molecule has 0 fully saturated rings. The van der Waals surface area contributed by atoms with Gasteiger partial charge in [-0.2, -0.15) is 5.10 Å². The molecular formula is C13H17N5OS. The van der Waals surface area contributed by atoms with E-state index in [1.807, 2.05) is 17.9 Å². The van der Waals surface area contributed by atoms with Gasteiger partial charge in [0, 0.05) is 31.1 Å². The molecule has 0 aromatic carbocycles. The van der Waals surface area contributed by atoms with Gasteiger partial charge in [-0.05, 0) is 6.42 Å². The number of carbonyl (C=O) groups is 1. The van der Waals surface area contributed by atoms with E-state index in [1.54, 1.807) is 6.20 Å². The molecule has 1 atom stereocenters. The van der Waals surface area contributed by atoms with E-state index in [2.05, 4.69) is 27.6 Å². The molecule has 2 aromatic rings. The normalized spacial score (nSPS) is 17.4. The number of aromatic nitrogens is 3. The van der Waals surface area contributed by atoms with Gasteiger partial charge in [-0.3, -0.25) is 9.48 Å². The largest absolute Gasteiger partial charge is 0.381 e. The Morgan fingerprint density at radius 3 is 3.20 bits per heavy atom. The van der Waals surface area contributed by atoms with E-state index in [0.717, 1.165) is 17.8 Å². The quantitative estimate of drug-likeness (QED) is 0.902. The van der Waals surface area contributed by atoms with Gasteiger partial charge in [0.1, 0.15) is 0 Å². The summed E-state index contributed by atoms with van der Waals surface area (Å²) in [6.45, 7) is 2.71. The van der Waals surface area contributed by atoms with E-state index in [-0.39, 0.29) is 11.8 Å². The van der Waals surface area contributed by atoms with Crippen molar-refractivity contribution in [1.82, 2.24) is 14.8 Å². The number of rotatable bonds is 3. The average molecular weight is 291 g/mol. The maximum Gasteiger partial charge on any atom is 0.231 e. The smallest absolute Gasteiger partial charge is 0.231 e. The molecule has 1 amide bonds. The Morgan fingerprint density at radius 2 is 2.45 bits per heavy atom. The van der Waals surface area contributed by atoms with Crippen LogP contribution in [0.4, 0.5) is 10.8 Å². The maximum absolute atomic E-state index is 12.3. The van der Waals surface area contributed by atoms with E-state index >= 15 is 0 Å². The van der Waals surface area contributed by atoms with E-state index < -0.39 is 0 Å². The number of hydrogen-bond donors (Lipinski definition) is 2. The van der Waals surface area contributed by atoms with Gasteiger partial charge >= 0.3 is 0 Å². The van der Waals surface area contributed by atoms with Crippen LogP contribution in [0.5, 0.6) is 0 Å². The number of carbonyl (C=O) groups excluding carboxylic acids is 1. The second-order valence-electron chi connectivity index (χ2n) is 4.89. The minimum Gasteiger partial charge on any atom is -0.381 e. The highest BCUT2D eigenvalue weighted by atomic mass is 32.1. The molecule has 106 valence electrons. The van der Waals surface area contributed by atoms with Crippen molar-refractivity contribution in [2.45, 2.75) is 19.8 Å². The monoisotopic (exact) mass is 291 g/mol. The summed E-state index contributed by atoms with van der Waals surface area (Å²) in [6, 6.07) is 0. The van der Waals surface area contributed by atoms with Crippen molar-refractivity contribution >= 4 is 28.1 Å². The number of aryl methyl sites for hydroxylation is 2. The lowest BCUT2D eigenvalue weighted by atomic mass is 9.98. The van der Waals surface area contributed by atoms with Crippen LogP contribution in [0.3, 0.4) is 0 Å². The van der Waals surface area contributed by atoms with Crippen LogP contribution in [0, 0.1) is 5.92 Å². The molecule has 0 radical (unpaired) electrons. The highest BCUT2D eigenvalue weighted by molar-refractivity contribution is 7.15. The summed E-state index contributed by atoms with van der Waals surface area (Å²) in [5.41, 5.74) is 2.10. The first-order valence-electron chi connectivity index (χ1n) is 6.67. The molecule has 2 aromatic heterocycles. The summed E-state index contributed by atoms with van der Waals surface area (Å²) < 4.78 is 1.82. The maximum atomic E-state index is 12.3. The molecule has 6 nitrogen and oxygen atoms in total. The van der Waals surface area contributed by atoms with Crippen molar-refractivity contribution in [3.63, 3.8) is 0 Å². The zero-order chi connectivity index (χ0) is 14.1. The van der Waals surface area contributed by atoms with Gasteiger partial charge in [0.2, 0.25) is 5.91 Å². The molecule has 0 saturated carbocycles. The molecule has 2 N–H and O–H groups in total. The number of thiazole rings is 1. The molecular weight excluding hydrogens is 274 g/mol. The Labute approximate surface area is 121 Å². The summed E-state index contributed by atoms with van der Waals surface area (Å²) in [5, 5.41) is 11.0. The topological polar surface area (TPSA) is 71.8 Å². The lowest BCUT2D eigenvalue weighted by Gasteiger charge is -2.22. The van der Waals surface area contributed by atoms with Gasteiger partial charge in [0.05, 0.1) is 23.5 Å². The van der Waals surface area contributed by atoms with E-state index in [0.29, 0.717) is 18.1 Å². The molecule has 3 heterocycles. The number of amides is 1. The summed E-state index contributed by atoms with van der Waals surface area (Å²) in [7, 11) is 1.90. The second-order valence-corrected chi connectivity index (χ2v) is 6.00. The predicted molar refractivity (Wildman–Crippen MR) is 79.0 cm³/mol. The third-order valence-electron chi connectivity index (χ3n) is 3.54. The fraction of sp³-hybridized carbons (Fsp3) is 0.462. The summed E-state index contributed by atoms with van der Waals surface area (Å²) in [6.07, 6.45) is 5.27. The molecule has 1 aliphatic heterocycles. The average Bonchev–Trinajstić information content (AvgIpc) is 3.06. The van der Waals surface area contributed by atoms with Crippen LogP contribution in [0.1, 0.15) is 17.5 Å². The fourth-order valence-corrected chi connectivity index (χ4v) is 3.07. The molecule has 1 aliphatic rings. The fourth-order valence-electron chi connectivity index (χ4n) is 2.31. The molecule has 7 heteroatoms. The number of nitrogens with one attached hydrogen (secondary N) is 2. The Morgan fingerprint density at radius 1 is 1.60 bits per heavy atom. The predicted octanol–water partition coefficient (Wildman–Crippen LogP) is 1.66. The molecule has 0 aliphatic carbocycles. The van der Waals surface area contributed by atoms with Crippen LogP contribution in [-0.4, -0.2) is 27.2 Å². The second kappa shape index (κ2) is 5.24. The van der Waals surface area contributed by atoms with Crippen LogP contribution in [0.15, 0.2) is 12.4 Å². The SMILES string of the molecule is CCc1cnc(NC(=O)C2CNc3cnn(C)c3C2)s1. The molecule has 20 heavy (non-hydrogen) atoms. The number of fused-ring (bicyclic) bond motifs is 1. The molecule has 0 bridgehead atoms. The Bertz CT molecular complexity index is 632. The number of anilines is 2. The van der Waals surface area contributed by atoms with Gasteiger partial charge in [0.25, 0.3) is 0 Å². The van der Waals surface area contributed by atoms with Crippen molar-refractivity contribution in [2.24, 2.45) is 13.0 Å². The molecule has 1 unspecified atom stereocenters. The van der Waals surface area contributed by atoms with Gasteiger partial charge in [0.15, 0.2) is 5.13 Å². The van der Waals surface area contributed by atoms with Crippen molar-refractivity contribution in [2.75, 3.05) is 17.2 Å². The van der Waals surface area contributed by atoms with Gasteiger partial charge in [-0.1, -0.05) is 6.92 Å². The third kappa shape index (κ3) is 2.40. The van der Waals surface area contributed by atoms with E-state index in [4.69, 9.17) is 0 Å². The Kier molecular flexibility index (Phi) is 3.43. The molecule has 0 saturated heterocycles. The highest BCUT2D eigenvalue weighted by Crippen LogP contribution is 2.25. The zero-order valence-corrected chi connectivity index (χ0v) is 12.3. The van der Waals surface area contributed by atoms with Crippen molar-refractivity contribution < 1.29 is 4.79 Å². The summed E-state index contributed by atoms with van der Waals surface area (Å²) in [4.78, 5) is 17.7. The minimum atomic E-state index is -0.0909. The zero-order valence-electron chi connectivity index (χ0n) is 11.5. The van der Waals surface area contributed by atoms with Gasteiger partial charge < -0.3 is 10.6 Å². The highest BCUT2D eigenvalue weighted by Gasteiger charge is 2.27. The Balaban J connectivity index is 1.68. The molecule has 3 rings (SSSR count). The van der Waals surface area contributed by atoms with Crippen LogP contribution < -0.4 is 10.6 Å². The first-order chi connectivity index (χ1) is 9.67. The summed E-state index contributed by atoms with van der Waals surface area (Å²) in [5.74, 6) is -0.0757. The first kappa shape index (κ1) is 13.1. The summed E-state index contributed by atoms with van der Waals surface area (Å²) >= 11 is 1.53. The van der Waals surface area contributed by atoms with E-state index in [1.165, 1.54) is 16.2 Å². The van der Waals surface area contributed by atoms with Gasteiger partial charge in [-0.15, -0.1) is 11.3 Å². The minimum absolute atomic E-state index is 0.0151. The van der Waals surface area contributed by atoms with Crippen LogP contribution in [-0.2, 0) is 24.7 Å². The molecule has 0 spiro atoms. The van der Waals surface area contributed by atoms with Crippen molar-refractivity contribution in [1.29, 1.82) is 0 Å². The van der Waals surface area contributed by atoms with Crippen LogP contribution in [0.25, 0.3) is 0 Å². The van der Waals surface area contributed by atoms with Gasteiger partial charge in [-0.25, -0.2) is 4.98 Å². The lowest BCUT2D eigenvalue weighted by molar-refractivity contribution is -0.119. The van der Waals surface area contributed by atoms with Crippen molar-refractivity contribution in [3.8, 4) is 0 Å². The lowest BCUT2D eigenvalue weighted by Crippen LogP contribution is -2.34. The Hall–Kier alpha value is -1.89.